The Bertz CT molecular complexity index is 644. The van der Waals surface area contributed by atoms with Crippen LogP contribution in [0.3, 0.4) is 0 Å². The highest BCUT2D eigenvalue weighted by Gasteiger charge is 2.37. The lowest BCUT2D eigenvalue weighted by Crippen LogP contribution is -2.29. The minimum absolute atomic E-state index is 0.0728. The normalized spacial score (nSPS) is 16.3. The highest BCUT2D eigenvalue weighted by atomic mass is 16.1. The standard InChI is InChI=1S/C16H18N2O/c1-16(6-7-16)10-18-15(19)13-8-11-4-2-3-5-12(11)9-14(13)17/h2-5,8-9H,6-7,10,17H2,1H3,(H,18,19). The number of carbonyl (C=O) groups excluding carboxylic acids is 1. The average Bonchev–Trinajstić information content (AvgIpc) is 3.14. The number of rotatable bonds is 3. The molecular formula is C16H18N2O. The lowest BCUT2D eigenvalue weighted by molar-refractivity contribution is 0.0947. The van der Waals surface area contributed by atoms with E-state index in [1.807, 2.05) is 36.4 Å². The number of carbonyl (C=O) groups is 1. The predicted molar refractivity (Wildman–Crippen MR) is 78.0 cm³/mol. The van der Waals surface area contributed by atoms with Crippen LogP contribution in [0.4, 0.5) is 5.69 Å². The molecule has 1 fully saturated rings. The Morgan fingerprint density at radius 1 is 1.26 bits per heavy atom. The molecule has 3 nitrogen and oxygen atoms in total. The number of amides is 1. The van der Waals surface area contributed by atoms with Gasteiger partial charge in [0.15, 0.2) is 0 Å². The molecule has 2 aromatic carbocycles. The number of nitrogens with one attached hydrogen (secondary N) is 1. The summed E-state index contributed by atoms with van der Waals surface area (Å²) in [5.74, 6) is -0.0728. The Kier molecular flexibility index (Phi) is 2.70. The number of nitrogens with two attached hydrogens (primary N) is 1. The maximum absolute atomic E-state index is 12.2. The molecule has 1 saturated carbocycles. The first-order valence-corrected chi connectivity index (χ1v) is 6.64. The molecule has 1 amide bonds. The monoisotopic (exact) mass is 254 g/mol. The van der Waals surface area contributed by atoms with Gasteiger partial charge < -0.3 is 11.1 Å². The van der Waals surface area contributed by atoms with E-state index in [-0.39, 0.29) is 5.91 Å². The minimum Gasteiger partial charge on any atom is -0.398 e. The summed E-state index contributed by atoms with van der Waals surface area (Å²) in [4.78, 5) is 12.2. The number of anilines is 1. The lowest BCUT2D eigenvalue weighted by atomic mass is 10.0. The van der Waals surface area contributed by atoms with Crippen molar-refractivity contribution in [2.24, 2.45) is 5.41 Å². The summed E-state index contributed by atoms with van der Waals surface area (Å²) in [5, 5.41) is 5.09. The molecule has 98 valence electrons. The largest absolute Gasteiger partial charge is 0.398 e. The maximum Gasteiger partial charge on any atom is 0.253 e. The number of benzene rings is 2. The number of fused-ring (bicyclic) bond motifs is 1. The van der Waals surface area contributed by atoms with Crippen molar-refractivity contribution in [2.75, 3.05) is 12.3 Å². The van der Waals surface area contributed by atoms with Gasteiger partial charge in [-0.15, -0.1) is 0 Å². The summed E-state index contributed by atoms with van der Waals surface area (Å²) in [6.45, 7) is 2.93. The van der Waals surface area contributed by atoms with Crippen LogP contribution in [-0.2, 0) is 0 Å². The molecule has 3 heteroatoms. The molecule has 3 rings (SSSR count). The van der Waals surface area contributed by atoms with E-state index in [0.29, 0.717) is 16.7 Å². The highest BCUT2D eigenvalue weighted by molar-refractivity contribution is 6.03. The average molecular weight is 254 g/mol. The van der Waals surface area contributed by atoms with Crippen molar-refractivity contribution in [3.63, 3.8) is 0 Å². The Hall–Kier alpha value is -2.03. The zero-order valence-corrected chi connectivity index (χ0v) is 11.1. The van der Waals surface area contributed by atoms with E-state index in [0.717, 1.165) is 17.3 Å². The smallest absolute Gasteiger partial charge is 0.253 e. The van der Waals surface area contributed by atoms with Crippen LogP contribution in [0, 0.1) is 5.41 Å². The number of nitrogen functional groups attached to an aromatic ring is 1. The molecule has 0 bridgehead atoms. The van der Waals surface area contributed by atoms with E-state index in [1.165, 1.54) is 12.8 Å². The molecule has 19 heavy (non-hydrogen) atoms. The van der Waals surface area contributed by atoms with E-state index < -0.39 is 0 Å². The molecule has 0 unspecified atom stereocenters. The van der Waals surface area contributed by atoms with Crippen molar-refractivity contribution >= 4 is 22.4 Å². The maximum atomic E-state index is 12.2. The van der Waals surface area contributed by atoms with Gasteiger partial charge in [-0.3, -0.25) is 4.79 Å². The van der Waals surface area contributed by atoms with Crippen LogP contribution in [0.15, 0.2) is 36.4 Å². The van der Waals surface area contributed by atoms with E-state index in [2.05, 4.69) is 12.2 Å². The van der Waals surface area contributed by atoms with Gasteiger partial charge in [0.2, 0.25) is 0 Å². The quantitative estimate of drug-likeness (QED) is 0.827. The first-order chi connectivity index (χ1) is 9.07. The molecule has 0 heterocycles. The Morgan fingerprint density at radius 2 is 1.89 bits per heavy atom. The number of hydrogen-bond acceptors (Lipinski definition) is 2. The summed E-state index contributed by atoms with van der Waals surface area (Å²) in [7, 11) is 0. The van der Waals surface area contributed by atoms with Gasteiger partial charge in [0.1, 0.15) is 0 Å². The van der Waals surface area contributed by atoms with Crippen LogP contribution >= 0.6 is 0 Å². The minimum atomic E-state index is -0.0728. The molecular weight excluding hydrogens is 236 g/mol. The SMILES string of the molecule is CC1(CNC(=O)c2cc3ccccc3cc2N)CC1. The Labute approximate surface area is 112 Å². The molecule has 0 aromatic heterocycles. The lowest BCUT2D eigenvalue weighted by Gasteiger charge is -2.12. The van der Waals surface area contributed by atoms with Crippen molar-refractivity contribution in [1.29, 1.82) is 0 Å². The van der Waals surface area contributed by atoms with Crippen molar-refractivity contribution < 1.29 is 4.79 Å². The zero-order valence-electron chi connectivity index (χ0n) is 11.1. The summed E-state index contributed by atoms with van der Waals surface area (Å²) in [5.41, 5.74) is 7.40. The van der Waals surface area contributed by atoms with E-state index >= 15 is 0 Å². The van der Waals surface area contributed by atoms with Gasteiger partial charge in [-0.25, -0.2) is 0 Å². The van der Waals surface area contributed by atoms with Crippen LogP contribution in [0.25, 0.3) is 10.8 Å². The van der Waals surface area contributed by atoms with Gasteiger partial charge in [0.05, 0.1) is 5.56 Å². The predicted octanol–water partition coefficient (Wildman–Crippen LogP) is 2.95. The highest BCUT2D eigenvalue weighted by Crippen LogP contribution is 2.44. The van der Waals surface area contributed by atoms with E-state index in [1.54, 1.807) is 0 Å². The summed E-state index contributed by atoms with van der Waals surface area (Å²) in [6.07, 6.45) is 2.39. The van der Waals surface area contributed by atoms with Gasteiger partial charge in [-0.1, -0.05) is 31.2 Å². The van der Waals surface area contributed by atoms with Crippen molar-refractivity contribution in [3.8, 4) is 0 Å². The molecule has 1 aliphatic carbocycles. The second kappa shape index (κ2) is 4.26. The molecule has 0 spiro atoms. The third-order valence-corrected chi connectivity index (χ3v) is 3.94. The van der Waals surface area contributed by atoms with Crippen LogP contribution in [-0.4, -0.2) is 12.5 Å². The summed E-state index contributed by atoms with van der Waals surface area (Å²) >= 11 is 0. The molecule has 0 radical (unpaired) electrons. The fourth-order valence-corrected chi connectivity index (χ4v) is 2.23. The second-order valence-electron chi connectivity index (χ2n) is 5.78. The molecule has 0 aliphatic heterocycles. The van der Waals surface area contributed by atoms with Crippen LogP contribution in [0.1, 0.15) is 30.1 Å². The third-order valence-electron chi connectivity index (χ3n) is 3.94. The Balaban J connectivity index is 1.86. The zero-order chi connectivity index (χ0) is 13.5. The van der Waals surface area contributed by atoms with Gasteiger partial charge in [0, 0.05) is 12.2 Å². The molecule has 3 N–H and O–H groups in total. The van der Waals surface area contributed by atoms with E-state index in [9.17, 15) is 4.79 Å². The second-order valence-corrected chi connectivity index (χ2v) is 5.78. The molecule has 2 aromatic rings. The third kappa shape index (κ3) is 2.41. The Morgan fingerprint density at radius 3 is 2.53 bits per heavy atom. The topological polar surface area (TPSA) is 55.1 Å². The van der Waals surface area contributed by atoms with Gasteiger partial charge in [-0.2, -0.15) is 0 Å². The van der Waals surface area contributed by atoms with Gasteiger partial charge in [-0.05, 0) is 41.2 Å². The summed E-state index contributed by atoms with van der Waals surface area (Å²) in [6, 6.07) is 11.7. The van der Waals surface area contributed by atoms with Crippen LogP contribution < -0.4 is 11.1 Å². The molecule has 0 saturated heterocycles. The van der Waals surface area contributed by atoms with E-state index in [4.69, 9.17) is 5.73 Å². The summed E-state index contributed by atoms with van der Waals surface area (Å²) < 4.78 is 0. The fourth-order valence-electron chi connectivity index (χ4n) is 2.23. The van der Waals surface area contributed by atoms with Gasteiger partial charge in [0.25, 0.3) is 5.91 Å². The van der Waals surface area contributed by atoms with Crippen molar-refractivity contribution in [3.05, 3.63) is 42.0 Å². The van der Waals surface area contributed by atoms with Gasteiger partial charge >= 0.3 is 0 Å². The van der Waals surface area contributed by atoms with Crippen LogP contribution in [0.2, 0.25) is 0 Å². The fraction of sp³-hybridized carbons (Fsp3) is 0.312. The van der Waals surface area contributed by atoms with Crippen molar-refractivity contribution in [1.82, 2.24) is 5.32 Å². The van der Waals surface area contributed by atoms with Crippen molar-refractivity contribution in [2.45, 2.75) is 19.8 Å². The molecule has 0 atom stereocenters. The molecule has 1 aliphatic rings. The first kappa shape index (κ1) is 12.0. The first-order valence-electron chi connectivity index (χ1n) is 6.64. The van der Waals surface area contributed by atoms with Crippen LogP contribution in [0.5, 0.6) is 0 Å². The number of hydrogen-bond donors (Lipinski definition) is 2.